The van der Waals surface area contributed by atoms with E-state index in [1.54, 1.807) is 0 Å². The maximum atomic E-state index is 11.0. The van der Waals surface area contributed by atoms with E-state index in [4.69, 9.17) is 5.73 Å². The second-order valence-corrected chi connectivity index (χ2v) is 7.76. The molecule has 0 aromatic carbocycles. The fraction of sp³-hybridized carbons (Fsp3) is 1.00. The summed E-state index contributed by atoms with van der Waals surface area (Å²) in [4.78, 5) is 0. The third-order valence-electron chi connectivity index (χ3n) is 6.05. The molecular weight excluding hydrogens is 230 g/mol. The molecule has 3 heteroatoms. The number of hydrogen-bond acceptors (Lipinski definition) is 3. The normalized spacial score (nSPS) is 44.6. The van der Waals surface area contributed by atoms with Gasteiger partial charge in [0.1, 0.15) is 0 Å². The average molecular weight is 255 g/mol. The summed E-state index contributed by atoms with van der Waals surface area (Å²) < 4.78 is 0.143. The number of fused-ring (bicyclic) bond motifs is 2. The number of aliphatic hydroxyl groups is 1. The van der Waals surface area contributed by atoms with Gasteiger partial charge in [-0.1, -0.05) is 12.8 Å². The van der Waals surface area contributed by atoms with E-state index in [1.807, 2.05) is 11.8 Å². The Morgan fingerprint density at radius 1 is 1.41 bits per heavy atom. The Morgan fingerprint density at radius 3 is 2.53 bits per heavy atom. The van der Waals surface area contributed by atoms with Crippen molar-refractivity contribution in [1.29, 1.82) is 0 Å². The molecule has 0 amide bonds. The van der Waals surface area contributed by atoms with Crippen molar-refractivity contribution in [2.45, 2.75) is 55.8 Å². The summed E-state index contributed by atoms with van der Waals surface area (Å²) >= 11 is 1.89. The van der Waals surface area contributed by atoms with Crippen molar-refractivity contribution in [1.82, 2.24) is 0 Å². The van der Waals surface area contributed by atoms with E-state index in [1.165, 1.54) is 44.9 Å². The van der Waals surface area contributed by atoms with E-state index in [0.29, 0.717) is 12.5 Å². The van der Waals surface area contributed by atoms with Crippen LogP contribution in [0.2, 0.25) is 0 Å². The summed E-state index contributed by atoms with van der Waals surface area (Å²) in [6.45, 7) is 0.692. The molecule has 0 spiro atoms. The molecule has 0 saturated heterocycles. The van der Waals surface area contributed by atoms with Gasteiger partial charge in [-0.2, -0.15) is 11.8 Å². The van der Waals surface area contributed by atoms with Crippen molar-refractivity contribution >= 4 is 11.8 Å². The average Bonchev–Trinajstić information content (AvgIpc) is 2.88. The summed E-state index contributed by atoms with van der Waals surface area (Å²) in [5.41, 5.74) is 6.18. The van der Waals surface area contributed by atoms with Crippen molar-refractivity contribution in [2.75, 3.05) is 12.8 Å². The standard InChI is InChI=1S/C14H25NOS/c1-17-14(5-2-6-14)12(16)13(9-15)8-10-3-4-11(13)7-10/h10-12,16H,2-9,15H2,1H3. The zero-order valence-corrected chi connectivity index (χ0v) is 11.6. The van der Waals surface area contributed by atoms with Crippen LogP contribution in [0.3, 0.4) is 0 Å². The highest BCUT2D eigenvalue weighted by molar-refractivity contribution is 8.00. The highest BCUT2D eigenvalue weighted by atomic mass is 32.2. The Hall–Kier alpha value is 0.270. The van der Waals surface area contributed by atoms with Crippen LogP contribution in [0, 0.1) is 17.3 Å². The number of hydrogen-bond donors (Lipinski definition) is 2. The topological polar surface area (TPSA) is 46.2 Å². The minimum atomic E-state index is -0.168. The van der Waals surface area contributed by atoms with Gasteiger partial charge in [0.2, 0.25) is 0 Å². The number of thioether (sulfide) groups is 1. The van der Waals surface area contributed by atoms with E-state index >= 15 is 0 Å². The minimum absolute atomic E-state index is 0.0619. The van der Waals surface area contributed by atoms with Crippen LogP contribution >= 0.6 is 11.8 Å². The van der Waals surface area contributed by atoms with Gasteiger partial charge >= 0.3 is 0 Å². The fourth-order valence-corrected chi connectivity index (χ4v) is 5.98. The van der Waals surface area contributed by atoms with Gasteiger partial charge in [-0.3, -0.25) is 0 Å². The molecule has 4 atom stereocenters. The van der Waals surface area contributed by atoms with Gasteiger partial charge in [0.15, 0.2) is 0 Å². The van der Waals surface area contributed by atoms with Gasteiger partial charge in [-0.15, -0.1) is 0 Å². The van der Waals surface area contributed by atoms with Crippen LogP contribution in [0.5, 0.6) is 0 Å². The first-order valence-electron chi connectivity index (χ1n) is 7.10. The maximum Gasteiger partial charge on any atom is 0.0757 e. The molecule has 3 saturated carbocycles. The predicted molar refractivity (Wildman–Crippen MR) is 73.0 cm³/mol. The second-order valence-electron chi connectivity index (χ2n) is 6.54. The van der Waals surface area contributed by atoms with Gasteiger partial charge in [0, 0.05) is 16.7 Å². The van der Waals surface area contributed by atoms with E-state index in [9.17, 15) is 5.11 Å². The number of aliphatic hydroxyl groups excluding tert-OH is 1. The quantitative estimate of drug-likeness (QED) is 0.811. The van der Waals surface area contributed by atoms with Crippen molar-refractivity contribution in [3.05, 3.63) is 0 Å². The van der Waals surface area contributed by atoms with E-state index in [-0.39, 0.29) is 16.3 Å². The molecule has 2 bridgehead atoms. The molecule has 4 unspecified atom stereocenters. The molecule has 0 aromatic rings. The van der Waals surface area contributed by atoms with Crippen LogP contribution in [0.15, 0.2) is 0 Å². The highest BCUT2D eigenvalue weighted by Crippen LogP contribution is 2.62. The summed E-state index contributed by atoms with van der Waals surface area (Å²) in [6.07, 6.45) is 10.9. The van der Waals surface area contributed by atoms with Gasteiger partial charge in [0.05, 0.1) is 6.10 Å². The van der Waals surface area contributed by atoms with Crippen LogP contribution in [0.1, 0.15) is 44.9 Å². The Morgan fingerprint density at radius 2 is 2.18 bits per heavy atom. The van der Waals surface area contributed by atoms with Crippen LogP contribution in [-0.2, 0) is 0 Å². The monoisotopic (exact) mass is 255 g/mol. The molecule has 3 fully saturated rings. The van der Waals surface area contributed by atoms with E-state index < -0.39 is 0 Å². The lowest BCUT2D eigenvalue weighted by Gasteiger charge is -2.53. The summed E-state index contributed by atoms with van der Waals surface area (Å²) in [7, 11) is 0. The largest absolute Gasteiger partial charge is 0.391 e. The van der Waals surface area contributed by atoms with Crippen molar-refractivity contribution in [3.63, 3.8) is 0 Å². The smallest absolute Gasteiger partial charge is 0.0757 e. The van der Waals surface area contributed by atoms with Crippen molar-refractivity contribution in [3.8, 4) is 0 Å². The second kappa shape index (κ2) is 4.14. The van der Waals surface area contributed by atoms with Crippen LogP contribution in [-0.4, -0.2) is 28.8 Å². The van der Waals surface area contributed by atoms with Gasteiger partial charge < -0.3 is 10.8 Å². The molecule has 0 aromatic heterocycles. The molecule has 3 aliphatic rings. The third kappa shape index (κ3) is 1.55. The zero-order chi connectivity index (χ0) is 12.1. The van der Waals surface area contributed by atoms with Crippen LogP contribution in [0.25, 0.3) is 0 Å². The third-order valence-corrected chi connectivity index (χ3v) is 7.50. The van der Waals surface area contributed by atoms with Gasteiger partial charge in [-0.25, -0.2) is 0 Å². The molecule has 3 aliphatic carbocycles. The number of rotatable bonds is 4. The molecule has 3 N–H and O–H groups in total. The zero-order valence-electron chi connectivity index (χ0n) is 10.8. The molecule has 0 aliphatic heterocycles. The minimum Gasteiger partial charge on any atom is -0.391 e. The first kappa shape index (κ1) is 12.3. The molecule has 3 rings (SSSR count). The van der Waals surface area contributed by atoms with Crippen molar-refractivity contribution in [2.24, 2.45) is 23.0 Å². The first-order valence-corrected chi connectivity index (χ1v) is 8.33. The highest BCUT2D eigenvalue weighted by Gasteiger charge is 2.60. The Balaban J connectivity index is 1.85. The Labute approximate surface area is 109 Å². The first-order chi connectivity index (χ1) is 8.17. The summed E-state index contributed by atoms with van der Waals surface area (Å²) in [6, 6.07) is 0. The summed E-state index contributed by atoms with van der Waals surface area (Å²) in [5.74, 6) is 1.56. The fourth-order valence-electron chi connectivity index (χ4n) is 4.82. The lowest BCUT2D eigenvalue weighted by molar-refractivity contribution is -0.0538. The predicted octanol–water partition coefficient (Wildman–Crippen LogP) is 2.40. The molecule has 0 radical (unpaired) electrons. The van der Waals surface area contributed by atoms with Crippen LogP contribution < -0.4 is 5.73 Å². The van der Waals surface area contributed by atoms with Gasteiger partial charge in [-0.05, 0) is 50.2 Å². The molecule has 98 valence electrons. The molecule has 2 nitrogen and oxygen atoms in total. The Kier molecular flexibility index (Phi) is 3.00. The molecule has 0 heterocycles. The van der Waals surface area contributed by atoms with E-state index in [0.717, 1.165) is 5.92 Å². The van der Waals surface area contributed by atoms with Gasteiger partial charge in [0.25, 0.3) is 0 Å². The summed E-state index contributed by atoms with van der Waals surface area (Å²) in [5, 5.41) is 11.0. The lowest BCUT2D eigenvalue weighted by Crippen LogP contribution is -2.58. The Bertz CT molecular complexity index is 299. The number of nitrogens with two attached hydrogens (primary N) is 1. The maximum absolute atomic E-state index is 11.0. The molecule has 17 heavy (non-hydrogen) atoms. The van der Waals surface area contributed by atoms with Crippen molar-refractivity contribution < 1.29 is 5.11 Å². The SMILES string of the molecule is CSC1(C(O)C2(CN)CC3CCC2C3)CCC1. The van der Waals surface area contributed by atoms with Crippen LogP contribution in [0.4, 0.5) is 0 Å². The molecular formula is C14H25NOS. The lowest BCUT2D eigenvalue weighted by atomic mass is 9.62. The van der Waals surface area contributed by atoms with E-state index in [2.05, 4.69) is 6.26 Å².